The van der Waals surface area contributed by atoms with E-state index in [1.54, 1.807) is 0 Å². The van der Waals surface area contributed by atoms with E-state index in [0.29, 0.717) is 12.1 Å². The molecule has 2 rings (SSSR count). The van der Waals surface area contributed by atoms with Gasteiger partial charge in [-0.25, -0.2) is 0 Å². The van der Waals surface area contributed by atoms with E-state index >= 15 is 0 Å². The van der Waals surface area contributed by atoms with E-state index < -0.39 is 0 Å². The summed E-state index contributed by atoms with van der Waals surface area (Å²) in [7, 11) is 0. The van der Waals surface area contributed by atoms with E-state index in [-0.39, 0.29) is 5.91 Å². The van der Waals surface area contributed by atoms with Gasteiger partial charge in [0.1, 0.15) is 0 Å². The highest BCUT2D eigenvalue weighted by Crippen LogP contribution is 2.16. The van der Waals surface area contributed by atoms with Crippen molar-refractivity contribution in [2.45, 2.75) is 19.8 Å². The lowest BCUT2D eigenvalue weighted by Gasteiger charge is -2.10. The Hall–Kier alpha value is -2.13. The molecule has 3 heteroatoms. The van der Waals surface area contributed by atoms with E-state index in [1.807, 2.05) is 48.5 Å². The van der Waals surface area contributed by atoms with Crippen LogP contribution in [-0.4, -0.2) is 12.5 Å². The molecular weight excluding hydrogens is 248 g/mol. The molecule has 2 aromatic rings. The van der Waals surface area contributed by atoms with Gasteiger partial charge in [-0.2, -0.15) is 0 Å². The van der Waals surface area contributed by atoms with Crippen LogP contribution in [0.3, 0.4) is 0 Å². The van der Waals surface area contributed by atoms with Crippen molar-refractivity contribution >= 4 is 11.6 Å². The third kappa shape index (κ3) is 3.45. The molecule has 1 amide bonds. The first-order valence-corrected chi connectivity index (χ1v) is 6.93. The van der Waals surface area contributed by atoms with E-state index in [0.717, 1.165) is 29.7 Å². The lowest BCUT2D eigenvalue weighted by Crippen LogP contribution is -2.13. The summed E-state index contributed by atoms with van der Waals surface area (Å²) < 4.78 is 0. The van der Waals surface area contributed by atoms with Crippen molar-refractivity contribution in [1.29, 1.82) is 0 Å². The lowest BCUT2D eigenvalue weighted by molar-refractivity contribution is 0.102. The van der Waals surface area contributed by atoms with Crippen LogP contribution in [0.15, 0.2) is 48.5 Å². The zero-order valence-electron chi connectivity index (χ0n) is 11.7. The number of aryl methyl sites for hydroxylation is 1. The van der Waals surface area contributed by atoms with Gasteiger partial charge in [0, 0.05) is 11.3 Å². The van der Waals surface area contributed by atoms with Gasteiger partial charge in [0.25, 0.3) is 5.91 Å². The molecule has 3 nitrogen and oxygen atoms in total. The third-order valence-electron chi connectivity index (χ3n) is 3.30. The predicted molar refractivity (Wildman–Crippen MR) is 83.0 cm³/mol. The van der Waals surface area contributed by atoms with Gasteiger partial charge < -0.3 is 11.1 Å². The number of nitrogens with two attached hydrogens (primary N) is 1. The van der Waals surface area contributed by atoms with Crippen LogP contribution < -0.4 is 11.1 Å². The molecule has 0 aliphatic rings. The largest absolute Gasteiger partial charge is 0.330 e. The van der Waals surface area contributed by atoms with Crippen LogP contribution in [-0.2, 0) is 12.8 Å². The van der Waals surface area contributed by atoms with Crippen molar-refractivity contribution < 1.29 is 4.79 Å². The first-order valence-electron chi connectivity index (χ1n) is 6.93. The summed E-state index contributed by atoms with van der Waals surface area (Å²) in [5, 5.41) is 2.97. The molecule has 20 heavy (non-hydrogen) atoms. The maximum Gasteiger partial charge on any atom is 0.255 e. The smallest absolute Gasteiger partial charge is 0.255 e. The molecule has 0 aliphatic carbocycles. The summed E-state index contributed by atoms with van der Waals surface area (Å²) in [6.07, 6.45) is 1.73. The topological polar surface area (TPSA) is 55.1 Å². The number of hydrogen-bond donors (Lipinski definition) is 2. The highest BCUT2D eigenvalue weighted by atomic mass is 16.1. The molecule has 0 spiro atoms. The van der Waals surface area contributed by atoms with Crippen LogP contribution in [0.25, 0.3) is 0 Å². The molecule has 0 atom stereocenters. The molecule has 0 aliphatic heterocycles. The van der Waals surface area contributed by atoms with Gasteiger partial charge in [-0.3, -0.25) is 4.79 Å². The van der Waals surface area contributed by atoms with Crippen LogP contribution in [0.2, 0.25) is 0 Å². The van der Waals surface area contributed by atoms with Gasteiger partial charge in [0.2, 0.25) is 0 Å². The second-order valence-corrected chi connectivity index (χ2v) is 4.70. The molecule has 3 N–H and O–H groups in total. The second-order valence-electron chi connectivity index (χ2n) is 4.70. The number of anilines is 1. The highest BCUT2D eigenvalue weighted by Gasteiger charge is 2.08. The lowest BCUT2D eigenvalue weighted by atomic mass is 10.1. The van der Waals surface area contributed by atoms with Gasteiger partial charge in [0.15, 0.2) is 0 Å². The van der Waals surface area contributed by atoms with E-state index in [9.17, 15) is 4.79 Å². The number of amides is 1. The zero-order valence-corrected chi connectivity index (χ0v) is 11.7. The molecule has 104 valence electrons. The quantitative estimate of drug-likeness (QED) is 0.875. The van der Waals surface area contributed by atoms with Gasteiger partial charge in [-0.05, 0) is 48.7 Å². The summed E-state index contributed by atoms with van der Waals surface area (Å²) >= 11 is 0. The standard InChI is InChI=1S/C17H20N2O/c1-2-14-5-3-4-6-16(14)19-17(20)15-9-7-13(8-10-15)11-12-18/h3-10H,2,11-12,18H2,1H3,(H,19,20). The van der Waals surface area contributed by atoms with Gasteiger partial charge in [-0.15, -0.1) is 0 Å². The molecule has 0 unspecified atom stereocenters. The summed E-state index contributed by atoms with van der Waals surface area (Å²) in [5.41, 5.74) is 9.35. The molecule has 0 radical (unpaired) electrons. The van der Waals surface area contributed by atoms with Gasteiger partial charge in [0.05, 0.1) is 0 Å². The van der Waals surface area contributed by atoms with Crippen molar-refractivity contribution in [3.05, 3.63) is 65.2 Å². The Labute approximate surface area is 119 Å². The number of nitrogens with one attached hydrogen (secondary N) is 1. The Kier molecular flexibility index (Phi) is 4.91. The number of para-hydroxylation sites is 1. The second kappa shape index (κ2) is 6.87. The minimum Gasteiger partial charge on any atom is -0.330 e. The van der Waals surface area contributed by atoms with Gasteiger partial charge in [-0.1, -0.05) is 37.3 Å². The number of hydrogen-bond acceptors (Lipinski definition) is 2. The maximum atomic E-state index is 12.2. The number of benzene rings is 2. The fraction of sp³-hybridized carbons (Fsp3) is 0.235. The van der Waals surface area contributed by atoms with Crippen molar-refractivity contribution in [1.82, 2.24) is 0 Å². The van der Waals surface area contributed by atoms with Crippen LogP contribution in [0.1, 0.15) is 28.4 Å². The molecule has 2 aromatic carbocycles. The molecule has 0 heterocycles. The van der Waals surface area contributed by atoms with Crippen molar-refractivity contribution in [2.24, 2.45) is 5.73 Å². The van der Waals surface area contributed by atoms with E-state index in [4.69, 9.17) is 5.73 Å². The average molecular weight is 268 g/mol. The summed E-state index contributed by atoms with van der Waals surface area (Å²) in [4.78, 5) is 12.2. The Bertz CT molecular complexity index is 576. The van der Waals surface area contributed by atoms with Crippen molar-refractivity contribution in [3.63, 3.8) is 0 Å². The number of carbonyl (C=O) groups is 1. The van der Waals surface area contributed by atoms with E-state index in [2.05, 4.69) is 12.2 Å². The summed E-state index contributed by atoms with van der Waals surface area (Å²) in [5.74, 6) is -0.0785. The molecule has 0 saturated carbocycles. The SMILES string of the molecule is CCc1ccccc1NC(=O)c1ccc(CCN)cc1. The maximum absolute atomic E-state index is 12.2. The molecule has 0 aromatic heterocycles. The Morgan fingerprint density at radius 2 is 1.80 bits per heavy atom. The Morgan fingerprint density at radius 1 is 1.10 bits per heavy atom. The first-order chi connectivity index (χ1) is 9.74. The third-order valence-corrected chi connectivity index (χ3v) is 3.30. The monoisotopic (exact) mass is 268 g/mol. The van der Waals surface area contributed by atoms with Crippen LogP contribution in [0.4, 0.5) is 5.69 Å². The minimum atomic E-state index is -0.0785. The minimum absolute atomic E-state index is 0.0785. The highest BCUT2D eigenvalue weighted by molar-refractivity contribution is 6.04. The van der Waals surface area contributed by atoms with Crippen LogP contribution in [0, 0.1) is 0 Å². The normalized spacial score (nSPS) is 10.3. The summed E-state index contributed by atoms with van der Waals surface area (Å²) in [6.45, 7) is 2.70. The molecule has 0 fully saturated rings. The van der Waals surface area contributed by atoms with E-state index in [1.165, 1.54) is 0 Å². The fourth-order valence-electron chi connectivity index (χ4n) is 2.13. The van der Waals surface area contributed by atoms with Crippen molar-refractivity contribution in [2.75, 3.05) is 11.9 Å². The predicted octanol–water partition coefficient (Wildman–Crippen LogP) is 3.00. The Balaban J connectivity index is 2.11. The van der Waals surface area contributed by atoms with Crippen LogP contribution >= 0.6 is 0 Å². The average Bonchev–Trinajstić information content (AvgIpc) is 2.49. The van der Waals surface area contributed by atoms with Crippen LogP contribution in [0.5, 0.6) is 0 Å². The summed E-state index contributed by atoms with van der Waals surface area (Å²) in [6, 6.07) is 15.5. The molecular formula is C17H20N2O. The molecule has 0 saturated heterocycles. The Morgan fingerprint density at radius 3 is 2.45 bits per heavy atom. The number of carbonyl (C=O) groups excluding carboxylic acids is 1. The molecule has 0 bridgehead atoms. The van der Waals surface area contributed by atoms with Crippen molar-refractivity contribution in [3.8, 4) is 0 Å². The first kappa shape index (κ1) is 14.3. The fourth-order valence-corrected chi connectivity index (χ4v) is 2.13. The number of rotatable bonds is 5. The van der Waals surface area contributed by atoms with Gasteiger partial charge >= 0.3 is 0 Å². The zero-order chi connectivity index (χ0) is 14.4.